The molecule has 36 heavy (non-hydrogen) atoms. The fourth-order valence-corrected chi connectivity index (χ4v) is 4.15. The first-order valence-corrected chi connectivity index (χ1v) is 12.0. The molecule has 0 unspecified atom stereocenters. The summed E-state index contributed by atoms with van der Waals surface area (Å²) < 4.78 is 17.6. The average Bonchev–Trinajstić information content (AvgIpc) is 3.13. The van der Waals surface area contributed by atoms with Crippen LogP contribution in [-0.4, -0.2) is 31.6 Å². The highest BCUT2D eigenvalue weighted by Gasteiger charge is 2.34. The Morgan fingerprint density at radius 3 is 2.22 bits per heavy atom. The van der Waals surface area contributed by atoms with Crippen molar-refractivity contribution in [2.45, 2.75) is 20.8 Å². The Balaban J connectivity index is 1.50. The number of aryl methyl sites for hydroxylation is 2. The number of para-hydroxylation sites is 2. The Labute approximate surface area is 215 Å². The first-order chi connectivity index (χ1) is 17.4. The average molecular weight is 507 g/mol. The fraction of sp³-hybridized carbons (Fsp3) is 0.214. The number of benzene rings is 3. The van der Waals surface area contributed by atoms with Crippen molar-refractivity contribution in [1.82, 2.24) is 5.43 Å². The monoisotopic (exact) mass is 506 g/mol. The summed E-state index contributed by atoms with van der Waals surface area (Å²) in [6, 6.07) is 18.2. The third-order valence-corrected chi connectivity index (χ3v) is 5.81. The number of nitrogens with zero attached hydrogens (tertiary/aromatic N) is 1. The molecule has 0 radical (unpaired) electrons. The van der Waals surface area contributed by atoms with E-state index < -0.39 is 11.8 Å². The Morgan fingerprint density at radius 2 is 1.56 bits per heavy atom. The lowest BCUT2D eigenvalue weighted by molar-refractivity contribution is -0.117. The Hall–Kier alpha value is -3.97. The summed E-state index contributed by atoms with van der Waals surface area (Å²) in [6.45, 7) is 6.79. The highest BCUT2D eigenvalue weighted by atomic mass is 35.5. The van der Waals surface area contributed by atoms with Crippen LogP contribution in [0.4, 0.5) is 5.69 Å². The van der Waals surface area contributed by atoms with Gasteiger partial charge in [0.15, 0.2) is 11.5 Å². The molecule has 186 valence electrons. The van der Waals surface area contributed by atoms with E-state index in [1.54, 1.807) is 36.4 Å². The summed E-state index contributed by atoms with van der Waals surface area (Å²) in [5.74, 6) is 0.669. The molecule has 4 rings (SSSR count). The minimum atomic E-state index is -0.498. The molecule has 0 aromatic heterocycles. The lowest BCUT2D eigenvalue weighted by Gasteiger charge is -2.16. The number of amides is 2. The van der Waals surface area contributed by atoms with Crippen molar-refractivity contribution < 1.29 is 23.8 Å². The molecule has 1 N–H and O–H groups in total. The van der Waals surface area contributed by atoms with Crippen molar-refractivity contribution in [2.75, 3.05) is 24.8 Å². The van der Waals surface area contributed by atoms with Gasteiger partial charge in [-0.15, -0.1) is 0 Å². The molecule has 1 fully saturated rings. The second kappa shape index (κ2) is 11.2. The molecule has 3 aromatic rings. The third kappa shape index (κ3) is 5.47. The van der Waals surface area contributed by atoms with Gasteiger partial charge in [0.1, 0.15) is 24.5 Å². The third-order valence-electron chi connectivity index (χ3n) is 5.53. The number of rotatable bonds is 9. The molecule has 0 spiro atoms. The minimum Gasteiger partial charge on any atom is -0.490 e. The number of halogens is 1. The molecule has 8 heteroatoms. The van der Waals surface area contributed by atoms with Crippen LogP contribution < -0.4 is 24.6 Å². The second-order valence-electron chi connectivity index (χ2n) is 8.16. The molecular formula is C28H27ClN2O5. The molecule has 1 heterocycles. The van der Waals surface area contributed by atoms with Crippen LogP contribution in [0.3, 0.4) is 0 Å². The van der Waals surface area contributed by atoms with Gasteiger partial charge in [0.2, 0.25) is 0 Å². The van der Waals surface area contributed by atoms with E-state index in [0.717, 1.165) is 16.9 Å². The maximum atomic E-state index is 12.9. The van der Waals surface area contributed by atoms with Crippen LogP contribution in [0, 0.1) is 13.8 Å². The van der Waals surface area contributed by atoms with Crippen LogP contribution in [-0.2, 0) is 9.59 Å². The maximum absolute atomic E-state index is 12.9. The van der Waals surface area contributed by atoms with Crippen molar-refractivity contribution in [3.05, 3.63) is 87.9 Å². The van der Waals surface area contributed by atoms with E-state index >= 15 is 0 Å². The summed E-state index contributed by atoms with van der Waals surface area (Å²) >= 11 is 6.53. The van der Waals surface area contributed by atoms with Crippen molar-refractivity contribution >= 4 is 35.2 Å². The second-order valence-corrected chi connectivity index (χ2v) is 8.56. The summed E-state index contributed by atoms with van der Waals surface area (Å²) in [6.07, 6.45) is 1.49. The van der Waals surface area contributed by atoms with Crippen LogP contribution >= 0.6 is 11.6 Å². The zero-order valence-corrected chi connectivity index (χ0v) is 21.1. The van der Waals surface area contributed by atoms with Crippen molar-refractivity contribution in [1.29, 1.82) is 0 Å². The van der Waals surface area contributed by atoms with Crippen LogP contribution in [0.5, 0.6) is 17.2 Å². The van der Waals surface area contributed by atoms with Gasteiger partial charge in [-0.3, -0.25) is 15.0 Å². The van der Waals surface area contributed by atoms with Crippen LogP contribution in [0.1, 0.15) is 23.6 Å². The molecule has 1 aliphatic rings. The molecule has 0 saturated carbocycles. The van der Waals surface area contributed by atoms with Crippen LogP contribution in [0.25, 0.3) is 6.08 Å². The molecule has 7 nitrogen and oxygen atoms in total. The molecule has 0 aliphatic carbocycles. The van der Waals surface area contributed by atoms with E-state index in [2.05, 4.69) is 5.43 Å². The van der Waals surface area contributed by atoms with E-state index in [0.29, 0.717) is 41.0 Å². The highest BCUT2D eigenvalue weighted by molar-refractivity contribution is 6.33. The predicted octanol–water partition coefficient (Wildman–Crippen LogP) is 5.27. The van der Waals surface area contributed by atoms with E-state index in [4.69, 9.17) is 25.8 Å². The molecule has 0 atom stereocenters. The molecule has 3 aromatic carbocycles. The van der Waals surface area contributed by atoms with E-state index in [-0.39, 0.29) is 12.2 Å². The van der Waals surface area contributed by atoms with Gasteiger partial charge in [0, 0.05) is 0 Å². The van der Waals surface area contributed by atoms with Gasteiger partial charge in [0.05, 0.1) is 17.3 Å². The van der Waals surface area contributed by atoms with E-state index in [1.807, 2.05) is 45.0 Å². The smallest absolute Gasteiger partial charge is 0.282 e. The Kier molecular flexibility index (Phi) is 7.80. The maximum Gasteiger partial charge on any atom is 0.282 e. The lowest BCUT2D eigenvalue weighted by Crippen LogP contribution is -2.35. The highest BCUT2D eigenvalue weighted by Crippen LogP contribution is 2.37. The fourth-order valence-electron chi connectivity index (χ4n) is 3.87. The zero-order valence-electron chi connectivity index (χ0n) is 20.3. The molecule has 2 amide bonds. The number of carbonyl (C=O) groups is 2. The molecule has 0 bridgehead atoms. The van der Waals surface area contributed by atoms with E-state index in [1.165, 1.54) is 11.1 Å². The Bertz CT molecular complexity index is 1290. The van der Waals surface area contributed by atoms with Crippen molar-refractivity contribution in [2.24, 2.45) is 0 Å². The number of carbonyl (C=O) groups excluding carboxylic acids is 2. The van der Waals surface area contributed by atoms with Crippen molar-refractivity contribution in [3.63, 3.8) is 0 Å². The molecule has 1 saturated heterocycles. The number of anilines is 1. The van der Waals surface area contributed by atoms with Crippen molar-refractivity contribution in [3.8, 4) is 17.2 Å². The van der Waals surface area contributed by atoms with Gasteiger partial charge >= 0.3 is 0 Å². The van der Waals surface area contributed by atoms with Crippen LogP contribution in [0.15, 0.2) is 66.2 Å². The largest absolute Gasteiger partial charge is 0.490 e. The predicted molar refractivity (Wildman–Crippen MR) is 140 cm³/mol. The minimum absolute atomic E-state index is 0.00645. The van der Waals surface area contributed by atoms with Gasteiger partial charge in [-0.1, -0.05) is 48.0 Å². The summed E-state index contributed by atoms with van der Waals surface area (Å²) in [7, 11) is 0. The van der Waals surface area contributed by atoms with Gasteiger partial charge in [-0.05, 0) is 67.8 Å². The zero-order chi connectivity index (χ0) is 25.7. The normalized spacial score (nSPS) is 14.2. The topological polar surface area (TPSA) is 77.1 Å². The number of hydrogen-bond acceptors (Lipinski definition) is 5. The quantitative estimate of drug-likeness (QED) is 0.243. The standard InChI is InChI=1S/C28H27ClN2O5/c1-4-34-24-17-20(15-22-27(32)30-31(28(22)33)21-11-6-5-7-12-21)16-23(29)26(24)36-14-13-35-25-18(2)9-8-10-19(25)3/h5-12,15-17H,4,13-14H2,1-3H3,(H,30,32)/b22-15+. The van der Waals surface area contributed by atoms with Gasteiger partial charge < -0.3 is 14.2 Å². The van der Waals surface area contributed by atoms with E-state index in [9.17, 15) is 9.59 Å². The SMILES string of the molecule is CCOc1cc(/C=C2\C(=O)NN(c3ccccc3)C2=O)cc(Cl)c1OCCOc1c(C)cccc1C. The number of nitrogens with one attached hydrogen (secondary N) is 1. The van der Waals surface area contributed by atoms with Gasteiger partial charge in [-0.2, -0.15) is 0 Å². The number of hydrogen-bond donors (Lipinski definition) is 1. The lowest BCUT2D eigenvalue weighted by atomic mass is 10.1. The first kappa shape index (κ1) is 25.1. The summed E-state index contributed by atoms with van der Waals surface area (Å²) in [5, 5.41) is 1.51. The number of hydrazine groups is 1. The van der Waals surface area contributed by atoms with Gasteiger partial charge in [-0.25, -0.2) is 5.01 Å². The number of ether oxygens (including phenoxy) is 3. The van der Waals surface area contributed by atoms with Gasteiger partial charge in [0.25, 0.3) is 11.8 Å². The van der Waals surface area contributed by atoms with Crippen LogP contribution in [0.2, 0.25) is 5.02 Å². The molecular weight excluding hydrogens is 480 g/mol. The summed E-state index contributed by atoms with van der Waals surface area (Å²) in [5.41, 5.74) is 5.79. The Morgan fingerprint density at radius 1 is 0.889 bits per heavy atom. The summed E-state index contributed by atoms with van der Waals surface area (Å²) in [4.78, 5) is 25.4. The molecule has 1 aliphatic heterocycles. The first-order valence-electron chi connectivity index (χ1n) is 11.6.